The fraction of sp³-hybridized carbons (Fsp3) is 0.286. The largest absolute Gasteiger partial charge is 0.450 e. The Labute approximate surface area is 162 Å². The molecule has 7 nitrogen and oxygen atoms in total. The van der Waals surface area contributed by atoms with Crippen LogP contribution in [0.1, 0.15) is 6.92 Å². The predicted octanol–water partition coefficient (Wildman–Crippen LogP) is 2.87. The number of piperazine rings is 1. The zero-order valence-corrected chi connectivity index (χ0v) is 15.7. The Kier molecular flexibility index (Phi) is 4.97. The molecule has 0 spiro atoms. The van der Waals surface area contributed by atoms with Crippen LogP contribution in [0.15, 0.2) is 53.3 Å². The van der Waals surface area contributed by atoms with E-state index in [0.29, 0.717) is 38.4 Å². The van der Waals surface area contributed by atoms with Crippen molar-refractivity contribution in [2.45, 2.75) is 6.92 Å². The van der Waals surface area contributed by atoms with Crippen LogP contribution >= 0.6 is 0 Å². The third kappa shape index (κ3) is 3.55. The van der Waals surface area contributed by atoms with E-state index < -0.39 is 0 Å². The Bertz CT molecular complexity index is 1040. The lowest BCUT2D eigenvalue weighted by molar-refractivity contribution is 0.105. The molecule has 0 aliphatic carbocycles. The topological polar surface area (TPSA) is 78.5 Å². The Morgan fingerprint density at radius 1 is 1.11 bits per heavy atom. The van der Waals surface area contributed by atoms with E-state index in [1.54, 1.807) is 11.8 Å². The second kappa shape index (κ2) is 7.72. The van der Waals surface area contributed by atoms with Gasteiger partial charge in [-0.15, -0.1) is 0 Å². The van der Waals surface area contributed by atoms with Gasteiger partial charge >= 0.3 is 6.09 Å². The maximum absolute atomic E-state index is 11.9. The summed E-state index contributed by atoms with van der Waals surface area (Å²) in [6.07, 6.45) is -0.275. The van der Waals surface area contributed by atoms with E-state index >= 15 is 0 Å². The fourth-order valence-electron chi connectivity index (χ4n) is 3.47. The quantitative estimate of drug-likeness (QED) is 0.758. The van der Waals surface area contributed by atoms with Gasteiger partial charge in [-0.05, 0) is 30.2 Å². The number of carbonyl (C=O) groups is 1. The average molecular weight is 378 g/mol. The van der Waals surface area contributed by atoms with Crippen LogP contribution in [0.2, 0.25) is 0 Å². The summed E-state index contributed by atoms with van der Waals surface area (Å²) in [5.41, 5.74) is 2.47. The smallest absolute Gasteiger partial charge is 0.409 e. The molecule has 2 aromatic heterocycles. The molecule has 1 aliphatic heterocycles. The van der Waals surface area contributed by atoms with Crippen LogP contribution in [-0.2, 0) is 4.74 Å². The normalized spacial score (nSPS) is 14.3. The van der Waals surface area contributed by atoms with Crippen molar-refractivity contribution in [2.24, 2.45) is 0 Å². The maximum Gasteiger partial charge on any atom is 0.409 e. The molecule has 0 atom stereocenters. The number of nitrogens with zero attached hydrogens (tertiary/aromatic N) is 3. The highest BCUT2D eigenvalue weighted by Crippen LogP contribution is 2.30. The minimum atomic E-state index is -0.275. The Hall–Kier alpha value is -3.35. The number of nitrogens with one attached hydrogen (secondary N) is 1. The molecule has 1 saturated heterocycles. The van der Waals surface area contributed by atoms with Gasteiger partial charge in [-0.3, -0.25) is 4.79 Å². The van der Waals surface area contributed by atoms with Gasteiger partial charge in [-0.25, -0.2) is 9.78 Å². The van der Waals surface area contributed by atoms with E-state index in [9.17, 15) is 9.59 Å². The van der Waals surface area contributed by atoms with E-state index in [1.165, 1.54) is 6.07 Å². The molecule has 1 fully saturated rings. The van der Waals surface area contributed by atoms with Crippen molar-refractivity contribution in [1.29, 1.82) is 0 Å². The summed E-state index contributed by atoms with van der Waals surface area (Å²) >= 11 is 0. The van der Waals surface area contributed by atoms with E-state index in [4.69, 9.17) is 4.74 Å². The van der Waals surface area contributed by atoms with Crippen molar-refractivity contribution < 1.29 is 9.53 Å². The number of aromatic amines is 1. The number of fused-ring (bicyclic) bond motifs is 1. The third-order valence-corrected chi connectivity index (χ3v) is 4.90. The summed E-state index contributed by atoms with van der Waals surface area (Å²) < 4.78 is 5.08. The van der Waals surface area contributed by atoms with Gasteiger partial charge in [-0.2, -0.15) is 0 Å². The fourth-order valence-corrected chi connectivity index (χ4v) is 3.47. The van der Waals surface area contributed by atoms with Gasteiger partial charge < -0.3 is 19.5 Å². The number of aromatic nitrogens is 2. The van der Waals surface area contributed by atoms with Crippen molar-refractivity contribution in [2.75, 3.05) is 37.7 Å². The highest BCUT2D eigenvalue weighted by molar-refractivity contribution is 5.94. The first-order valence-corrected chi connectivity index (χ1v) is 9.42. The number of hydrogen-bond acceptors (Lipinski definition) is 5. The van der Waals surface area contributed by atoms with E-state index in [2.05, 4.69) is 20.9 Å². The highest BCUT2D eigenvalue weighted by atomic mass is 16.6. The Morgan fingerprint density at radius 2 is 1.86 bits per heavy atom. The molecule has 0 radical (unpaired) electrons. The van der Waals surface area contributed by atoms with Gasteiger partial charge in [0.05, 0.1) is 6.61 Å². The van der Waals surface area contributed by atoms with Gasteiger partial charge in [0, 0.05) is 37.6 Å². The number of ether oxygens (including phenoxy) is 1. The lowest BCUT2D eigenvalue weighted by Crippen LogP contribution is -2.49. The Balaban J connectivity index is 1.69. The summed E-state index contributed by atoms with van der Waals surface area (Å²) in [5, 5.41) is 0.903. The number of carbonyl (C=O) groups excluding carboxylic acids is 1. The standard InChI is InChI=1S/C21H22N4O3/c1-2-28-21(27)25-12-10-24(11-13-25)18-14-17(15-6-4-3-5-7-15)16-8-9-19(26)23-20(16)22-18/h3-9,14H,2,10-13H2,1H3,(H,22,23,26). The monoisotopic (exact) mass is 378 g/mol. The van der Waals surface area contributed by atoms with Crippen LogP contribution < -0.4 is 10.5 Å². The van der Waals surface area contributed by atoms with Gasteiger partial charge in [0.1, 0.15) is 11.5 Å². The SMILES string of the molecule is CCOC(=O)N1CCN(c2cc(-c3ccccc3)c3ccc(=O)[nH]c3n2)CC1. The minimum absolute atomic E-state index is 0.178. The molecule has 1 aromatic carbocycles. The maximum atomic E-state index is 11.9. The average Bonchev–Trinajstić information content (AvgIpc) is 2.73. The number of benzene rings is 1. The zero-order chi connectivity index (χ0) is 19.5. The van der Waals surface area contributed by atoms with Crippen LogP contribution in [-0.4, -0.2) is 53.7 Å². The van der Waals surface area contributed by atoms with E-state index in [-0.39, 0.29) is 11.7 Å². The van der Waals surface area contributed by atoms with Gasteiger partial charge in [0.15, 0.2) is 0 Å². The molecule has 0 bridgehead atoms. The molecular formula is C21H22N4O3. The third-order valence-electron chi connectivity index (χ3n) is 4.90. The molecule has 3 aromatic rings. The molecular weight excluding hydrogens is 356 g/mol. The number of hydrogen-bond donors (Lipinski definition) is 1. The number of anilines is 1. The molecule has 1 aliphatic rings. The predicted molar refractivity (Wildman–Crippen MR) is 109 cm³/mol. The zero-order valence-electron chi connectivity index (χ0n) is 15.7. The van der Waals surface area contributed by atoms with Crippen molar-refractivity contribution >= 4 is 22.9 Å². The van der Waals surface area contributed by atoms with Crippen LogP contribution in [0.4, 0.5) is 10.6 Å². The molecule has 7 heteroatoms. The molecule has 28 heavy (non-hydrogen) atoms. The highest BCUT2D eigenvalue weighted by Gasteiger charge is 2.23. The second-order valence-corrected chi connectivity index (χ2v) is 6.65. The minimum Gasteiger partial charge on any atom is -0.450 e. The molecule has 0 unspecified atom stereocenters. The molecule has 1 amide bonds. The molecule has 144 valence electrons. The second-order valence-electron chi connectivity index (χ2n) is 6.65. The summed E-state index contributed by atoms with van der Waals surface area (Å²) in [5.74, 6) is 0.789. The van der Waals surface area contributed by atoms with Crippen LogP contribution in [0, 0.1) is 0 Å². The number of amides is 1. The van der Waals surface area contributed by atoms with E-state index in [0.717, 1.165) is 22.3 Å². The number of H-pyrrole nitrogens is 1. The summed E-state index contributed by atoms with van der Waals surface area (Å²) in [6.45, 7) is 4.64. The first-order chi connectivity index (χ1) is 13.7. The van der Waals surface area contributed by atoms with Crippen molar-refractivity contribution in [1.82, 2.24) is 14.9 Å². The van der Waals surface area contributed by atoms with Crippen molar-refractivity contribution in [3.05, 3.63) is 58.9 Å². The number of pyridine rings is 2. The van der Waals surface area contributed by atoms with Gasteiger partial charge in [-0.1, -0.05) is 30.3 Å². The first-order valence-electron chi connectivity index (χ1n) is 9.42. The van der Waals surface area contributed by atoms with Gasteiger partial charge in [0.2, 0.25) is 5.56 Å². The van der Waals surface area contributed by atoms with Crippen LogP contribution in [0.5, 0.6) is 0 Å². The first kappa shape index (κ1) is 18.0. The Morgan fingerprint density at radius 3 is 2.57 bits per heavy atom. The lowest BCUT2D eigenvalue weighted by atomic mass is 10.0. The summed E-state index contributed by atoms with van der Waals surface area (Å²) in [7, 11) is 0. The summed E-state index contributed by atoms with van der Waals surface area (Å²) in [6, 6.07) is 15.4. The molecule has 3 heterocycles. The van der Waals surface area contributed by atoms with Crippen molar-refractivity contribution in [3.8, 4) is 11.1 Å². The van der Waals surface area contributed by atoms with Crippen molar-refractivity contribution in [3.63, 3.8) is 0 Å². The van der Waals surface area contributed by atoms with Crippen LogP contribution in [0.3, 0.4) is 0 Å². The van der Waals surface area contributed by atoms with E-state index in [1.807, 2.05) is 36.4 Å². The molecule has 4 rings (SSSR count). The van der Waals surface area contributed by atoms with Gasteiger partial charge in [0.25, 0.3) is 0 Å². The number of rotatable bonds is 3. The molecule has 1 N–H and O–H groups in total. The summed E-state index contributed by atoms with van der Waals surface area (Å²) in [4.78, 5) is 35.1. The van der Waals surface area contributed by atoms with Crippen LogP contribution in [0.25, 0.3) is 22.2 Å². The molecule has 0 saturated carbocycles. The lowest BCUT2D eigenvalue weighted by Gasteiger charge is -2.35.